The van der Waals surface area contributed by atoms with Crippen molar-refractivity contribution >= 4 is 22.6 Å². The molecule has 0 spiro atoms. The van der Waals surface area contributed by atoms with Crippen LogP contribution in [0.2, 0.25) is 0 Å². The Morgan fingerprint density at radius 1 is 0.686 bits per heavy atom. The molecule has 1 aliphatic heterocycles. The smallest absolute Gasteiger partial charge is 0.131 e. The van der Waals surface area contributed by atoms with Crippen molar-refractivity contribution in [2.75, 3.05) is 64.4 Å². The highest BCUT2D eigenvalue weighted by atomic mass is 32.2. The Morgan fingerprint density at radius 2 is 1.26 bits per heavy atom. The summed E-state index contributed by atoms with van der Waals surface area (Å²) in [6.45, 7) is 4.26. The minimum absolute atomic E-state index is 0.419. The standard InChI is InChI=1S/C26H34N2O5S2/c29-35-16-14-33-12-10-31-8-7-30-9-11-32-13-15-34-25-21-5-1-3-19(21)17-23(27-25)24-18-20-4-2-6-22(20)26(35)28-24/h17-18H,1-16H2. The highest BCUT2D eigenvalue weighted by Crippen LogP contribution is 2.35. The lowest BCUT2D eigenvalue weighted by atomic mass is 10.1. The van der Waals surface area contributed by atoms with Gasteiger partial charge in [0.2, 0.25) is 0 Å². The number of aromatic nitrogens is 2. The molecule has 0 fully saturated rings. The molecule has 1 atom stereocenters. The van der Waals surface area contributed by atoms with Crippen LogP contribution in [0.1, 0.15) is 35.1 Å². The summed E-state index contributed by atoms with van der Waals surface area (Å²) in [6, 6.07) is 4.38. The van der Waals surface area contributed by atoms with Crippen LogP contribution in [-0.4, -0.2) is 78.5 Å². The molecule has 5 rings (SSSR count). The van der Waals surface area contributed by atoms with Gasteiger partial charge < -0.3 is 18.9 Å². The molecular formula is C26H34N2O5S2. The fraction of sp³-hybridized carbons (Fsp3) is 0.615. The highest BCUT2D eigenvalue weighted by molar-refractivity contribution is 7.99. The number of hydrogen-bond acceptors (Lipinski definition) is 8. The van der Waals surface area contributed by atoms with Crippen molar-refractivity contribution < 1.29 is 23.2 Å². The maximum absolute atomic E-state index is 13.3. The molecule has 0 saturated heterocycles. The fourth-order valence-corrected chi connectivity index (χ4v) is 6.99. The first-order valence-corrected chi connectivity index (χ1v) is 15.0. The zero-order valence-corrected chi connectivity index (χ0v) is 21.9. The van der Waals surface area contributed by atoms with Crippen LogP contribution in [0.4, 0.5) is 0 Å². The zero-order valence-electron chi connectivity index (χ0n) is 20.2. The van der Waals surface area contributed by atoms with Crippen LogP contribution in [0.5, 0.6) is 0 Å². The summed E-state index contributed by atoms with van der Waals surface area (Å²) in [7, 11) is -1.21. The first kappa shape index (κ1) is 25.3. The Balaban J connectivity index is 1.41. The molecule has 2 aromatic rings. The summed E-state index contributed by atoms with van der Waals surface area (Å²) in [5.74, 6) is 1.28. The number of nitrogens with zero attached hydrogens (tertiary/aromatic N) is 2. The topological polar surface area (TPSA) is 79.8 Å². The van der Waals surface area contributed by atoms with E-state index in [2.05, 4.69) is 12.1 Å². The lowest BCUT2D eigenvalue weighted by Gasteiger charge is -2.14. The summed E-state index contributed by atoms with van der Waals surface area (Å²) in [5, 5.41) is 1.81. The third-order valence-corrected chi connectivity index (χ3v) is 8.87. The van der Waals surface area contributed by atoms with Crippen LogP contribution in [-0.2, 0) is 55.4 Å². The van der Waals surface area contributed by atoms with Crippen LogP contribution >= 0.6 is 11.8 Å². The van der Waals surface area contributed by atoms with Crippen LogP contribution in [0.25, 0.3) is 11.4 Å². The van der Waals surface area contributed by atoms with E-state index in [0.29, 0.717) is 58.6 Å². The number of fused-ring (bicyclic) bond motifs is 9. The van der Waals surface area contributed by atoms with Gasteiger partial charge in [0.1, 0.15) is 10.1 Å². The molecule has 35 heavy (non-hydrogen) atoms. The Kier molecular flexibility index (Phi) is 9.21. The van der Waals surface area contributed by atoms with Crippen molar-refractivity contribution in [1.82, 2.24) is 9.97 Å². The Morgan fingerprint density at radius 3 is 1.97 bits per heavy atom. The van der Waals surface area contributed by atoms with Crippen LogP contribution in [0.15, 0.2) is 22.2 Å². The van der Waals surface area contributed by atoms with Gasteiger partial charge in [0.05, 0.1) is 80.8 Å². The molecule has 0 amide bonds. The van der Waals surface area contributed by atoms with Crippen molar-refractivity contribution in [2.24, 2.45) is 0 Å². The van der Waals surface area contributed by atoms with E-state index in [1.165, 1.54) is 23.1 Å². The third-order valence-electron chi connectivity index (χ3n) is 6.58. The number of rotatable bonds is 0. The van der Waals surface area contributed by atoms with Gasteiger partial charge in [-0.05, 0) is 72.9 Å². The molecule has 9 heteroatoms. The second kappa shape index (κ2) is 12.7. The van der Waals surface area contributed by atoms with Gasteiger partial charge in [-0.1, -0.05) is 0 Å². The van der Waals surface area contributed by atoms with E-state index < -0.39 is 10.8 Å². The van der Waals surface area contributed by atoms with Crippen LogP contribution < -0.4 is 0 Å². The van der Waals surface area contributed by atoms with Crippen LogP contribution in [0.3, 0.4) is 0 Å². The molecule has 3 aliphatic rings. The second-order valence-corrected chi connectivity index (χ2v) is 11.5. The molecule has 190 valence electrons. The largest absolute Gasteiger partial charge is 0.378 e. The number of aryl methyl sites for hydroxylation is 2. The molecule has 3 heterocycles. The van der Waals surface area contributed by atoms with Gasteiger partial charge in [-0.15, -0.1) is 11.8 Å². The minimum Gasteiger partial charge on any atom is -0.378 e. The summed E-state index contributed by atoms with van der Waals surface area (Å²) in [5.41, 5.74) is 6.92. The third kappa shape index (κ3) is 6.50. The number of ether oxygens (including phenoxy) is 4. The zero-order chi connectivity index (χ0) is 23.9. The van der Waals surface area contributed by atoms with E-state index in [9.17, 15) is 4.21 Å². The molecule has 7 nitrogen and oxygen atoms in total. The van der Waals surface area contributed by atoms with E-state index in [1.807, 2.05) is 0 Å². The average Bonchev–Trinajstić information content (AvgIpc) is 3.54. The predicted molar refractivity (Wildman–Crippen MR) is 137 cm³/mol. The molecule has 2 aromatic heterocycles. The van der Waals surface area contributed by atoms with Crippen molar-refractivity contribution in [3.8, 4) is 11.4 Å². The minimum atomic E-state index is -1.21. The van der Waals surface area contributed by atoms with E-state index in [-0.39, 0.29) is 0 Å². The monoisotopic (exact) mass is 518 g/mol. The van der Waals surface area contributed by atoms with Gasteiger partial charge in [0.15, 0.2) is 0 Å². The first-order chi connectivity index (χ1) is 17.3. The quantitative estimate of drug-likeness (QED) is 0.525. The molecule has 2 aliphatic carbocycles. The molecule has 0 radical (unpaired) electrons. The van der Waals surface area contributed by atoms with Gasteiger partial charge in [-0.2, -0.15) is 0 Å². The van der Waals surface area contributed by atoms with Gasteiger partial charge in [-0.25, -0.2) is 9.97 Å². The van der Waals surface area contributed by atoms with Crippen LogP contribution in [0, 0.1) is 0 Å². The van der Waals surface area contributed by atoms with E-state index in [1.54, 1.807) is 11.8 Å². The van der Waals surface area contributed by atoms with Crippen molar-refractivity contribution in [3.05, 3.63) is 34.4 Å². The summed E-state index contributed by atoms with van der Waals surface area (Å²) in [4.78, 5) is 10.0. The molecule has 1 unspecified atom stereocenters. The molecule has 0 saturated carbocycles. The Bertz CT molecular complexity index is 1050. The first-order valence-electron chi connectivity index (χ1n) is 12.7. The predicted octanol–water partition coefficient (Wildman–Crippen LogP) is 3.40. The Labute approximate surface area is 214 Å². The highest BCUT2D eigenvalue weighted by Gasteiger charge is 2.24. The lowest BCUT2D eigenvalue weighted by molar-refractivity contribution is 0.00141. The summed E-state index contributed by atoms with van der Waals surface area (Å²) < 4.78 is 35.8. The summed E-state index contributed by atoms with van der Waals surface area (Å²) in [6.07, 6.45) is 6.36. The second-order valence-electron chi connectivity index (χ2n) is 8.96. The molecule has 4 bridgehead atoms. The Hall–Kier alpha value is -1.36. The maximum atomic E-state index is 13.3. The van der Waals surface area contributed by atoms with Gasteiger partial charge >= 0.3 is 0 Å². The van der Waals surface area contributed by atoms with Gasteiger partial charge in [-0.3, -0.25) is 4.21 Å². The lowest BCUT2D eigenvalue weighted by Crippen LogP contribution is -2.15. The van der Waals surface area contributed by atoms with E-state index >= 15 is 0 Å². The van der Waals surface area contributed by atoms with Gasteiger partial charge in [0.25, 0.3) is 0 Å². The van der Waals surface area contributed by atoms with Crippen molar-refractivity contribution in [1.29, 1.82) is 0 Å². The maximum Gasteiger partial charge on any atom is 0.131 e. The molecular weight excluding hydrogens is 484 g/mol. The van der Waals surface area contributed by atoms with Crippen molar-refractivity contribution in [3.63, 3.8) is 0 Å². The summed E-state index contributed by atoms with van der Waals surface area (Å²) >= 11 is 1.76. The number of hydrogen-bond donors (Lipinski definition) is 0. The fourth-order valence-electron chi connectivity index (χ4n) is 4.85. The normalized spacial score (nSPS) is 22.6. The van der Waals surface area contributed by atoms with E-state index in [4.69, 9.17) is 28.9 Å². The number of pyridine rings is 2. The average molecular weight is 519 g/mol. The van der Waals surface area contributed by atoms with Crippen molar-refractivity contribution in [2.45, 2.75) is 48.6 Å². The van der Waals surface area contributed by atoms with E-state index in [0.717, 1.165) is 64.9 Å². The number of thioether (sulfide) groups is 1. The molecule has 0 aromatic carbocycles. The van der Waals surface area contributed by atoms with Gasteiger partial charge in [0, 0.05) is 5.75 Å². The SMILES string of the molecule is O=S1CCOCCOCCOCCOCCSc2nc(cc3c2CCC3)-c2cc3c(c1n2)CCC3. The molecule has 0 N–H and O–H groups in total.